The number of aromatic hydroxyl groups is 1. The molecular formula is C24H22N4O6. The second kappa shape index (κ2) is 10.3. The SMILES string of the molecule is COc1ccc(CCn2c(O)c(C=Nc3cccc([N+](=O)[O-])c3)c(C)c(C#N)c2=O)cc1OC. The van der Waals surface area contributed by atoms with Crippen LogP contribution in [-0.2, 0) is 13.0 Å². The third-order valence-corrected chi connectivity index (χ3v) is 5.30. The molecule has 0 radical (unpaired) electrons. The van der Waals surface area contributed by atoms with Crippen LogP contribution in [0.1, 0.15) is 22.3 Å². The number of rotatable bonds is 8. The number of aromatic nitrogens is 1. The Balaban J connectivity index is 1.99. The molecule has 0 atom stereocenters. The van der Waals surface area contributed by atoms with E-state index in [-0.39, 0.29) is 40.5 Å². The zero-order valence-corrected chi connectivity index (χ0v) is 18.8. The summed E-state index contributed by atoms with van der Waals surface area (Å²) in [5.41, 5.74) is 0.685. The highest BCUT2D eigenvalue weighted by atomic mass is 16.6. The molecular weight excluding hydrogens is 440 g/mol. The zero-order valence-electron chi connectivity index (χ0n) is 18.8. The number of nitro groups is 1. The van der Waals surface area contributed by atoms with Gasteiger partial charge in [0.1, 0.15) is 11.6 Å². The Hall–Kier alpha value is -4.65. The summed E-state index contributed by atoms with van der Waals surface area (Å²) in [6.07, 6.45) is 1.65. The van der Waals surface area contributed by atoms with Crippen molar-refractivity contribution in [2.75, 3.05) is 14.2 Å². The summed E-state index contributed by atoms with van der Waals surface area (Å²) < 4.78 is 11.6. The van der Waals surface area contributed by atoms with Crippen LogP contribution >= 0.6 is 0 Å². The molecule has 0 saturated carbocycles. The van der Waals surface area contributed by atoms with Crippen molar-refractivity contribution in [1.29, 1.82) is 5.26 Å². The topological polar surface area (TPSA) is 140 Å². The quantitative estimate of drug-likeness (QED) is 0.306. The van der Waals surface area contributed by atoms with Gasteiger partial charge in [-0.25, -0.2) is 0 Å². The van der Waals surface area contributed by atoms with Crippen molar-refractivity contribution in [2.45, 2.75) is 19.9 Å². The van der Waals surface area contributed by atoms with Gasteiger partial charge in [0.15, 0.2) is 11.5 Å². The summed E-state index contributed by atoms with van der Waals surface area (Å²) in [5, 5.41) is 31.4. The molecule has 10 heteroatoms. The Morgan fingerprint density at radius 1 is 1.21 bits per heavy atom. The first kappa shape index (κ1) is 24.0. The highest BCUT2D eigenvalue weighted by Gasteiger charge is 2.18. The van der Waals surface area contributed by atoms with Crippen molar-refractivity contribution < 1.29 is 19.5 Å². The van der Waals surface area contributed by atoms with Crippen molar-refractivity contribution >= 4 is 17.6 Å². The lowest BCUT2D eigenvalue weighted by Gasteiger charge is -2.15. The van der Waals surface area contributed by atoms with E-state index in [1.54, 1.807) is 18.2 Å². The molecule has 0 fully saturated rings. The van der Waals surface area contributed by atoms with E-state index in [1.165, 1.54) is 45.6 Å². The number of benzene rings is 2. The fraction of sp³-hybridized carbons (Fsp3) is 0.208. The molecule has 10 nitrogen and oxygen atoms in total. The minimum absolute atomic E-state index is 0.0900. The monoisotopic (exact) mass is 462 g/mol. The molecule has 3 aromatic rings. The lowest BCUT2D eigenvalue weighted by molar-refractivity contribution is -0.384. The first-order valence-corrected chi connectivity index (χ1v) is 10.2. The summed E-state index contributed by atoms with van der Waals surface area (Å²) in [4.78, 5) is 27.5. The zero-order chi connectivity index (χ0) is 24.8. The largest absolute Gasteiger partial charge is 0.494 e. The maximum atomic E-state index is 12.8. The first-order valence-electron chi connectivity index (χ1n) is 10.2. The predicted molar refractivity (Wildman–Crippen MR) is 125 cm³/mol. The number of pyridine rings is 1. The van der Waals surface area contributed by atoms with Crippen molar-refractivity contribution in [3.8, 4) is 23.4 Å². The fourth-order valence-electron chi connectivity index (χ4n) is 3.44. The molecule has 174 valence electrons. The lowest BCUT2D eigenvalue weighted by Crippen LogP contribution is -2.26. The molecule has 3 rings (SSSR count). The van der Waals surface area contributed by atoms with Gasteiger partial charge in [-0.1, -0.05) is 12.1 Å². The van der Waals surface area contributed by atoms with E-state index >= 15 is 0 Å². The third kappa shape index (κ3) is 4.88. The number of non-ortho nitro benzene ring substituents is 1. The van der Waals surface area contributed by atoms with Gasteiger partial charge in [0.2, 0.25) is 5.88 Å². The average Bonchev–Trinajstić information content (AvgIpc) is 2.84. The van der Waals surface area contributed by atoms with Crippen LogP contribution in [0.5, 0.6) is 17.4 Å². The Kier molecular flexibility index (Phi) is 7.28. The number of nitrogens with zero attached hydrogens (tertiary/aromatic N) is 4. The van der Waals surface area contributed by atoms with Gasteiger partial charge < -0.3 is 14.6 Å². The van der Waals surface area contributed by atoms with E-state index in [0.29, 0.717) is 17.9 Å². The Bertz CT molecular complexity index is 1370. The van der Waals surface area contributed by atoms with Gasteiger partial charge >= 0.3 is 0 Å². The molecule has 1 heterocycles. The number of methoxy groups -OCH3 is 2. The summed E-state index contributed by atoms with van der Waals surface area (Å²) >= 11 is 0. The van der Waals surface area contributed by atoms with Gasteiger partial charge in [0.05, 0.1) is 30.4 Å². The van der Waals surface area contributed by atoms with E-state index in [4.69, 9.17) is 9.47 Å². The molecule has 0 saturated heterocycles. The van der Waals surface area contributed by atoms with Crippen LogP contribution in [0.2, 0.25) is 0 Å². The summed E-state index contributed by atoms with van der Waals surface area (Å²) in [7, 11) is 3.05. The number of aliphatic imine (C=N–C) groups is 1. The van der Waals surface area contributed by atoms with Crippen LogP contribution in [0, 0.1) is 28.4 Å². The highest BCUT2D eigenvalue weighted by molar-refractivity contribution is 5.87. The van der Waals surface area contributed by atoms with Crippen molar-refractivity contribution in [3.63, 3.8) is 0 Å². The first-order chi connectivity index (χ1) is 16.3. The van der Waals surface area contributed by atoms with Crippen LogP contribution in [0.15, 0.2) is 52.3 Å². The summed E-state index contributed by atoms with van der Waals surface area (Å²) in [5.74, 6) is 0.743. The molecule has 1 N–H and O–H groups in total. The fourth-order valence-corrected chi connectivity index (χ4v) is 3.44. The number of nitriles is 1. The van der Waals surface area contributed by atoms with Gasteiger partial charge in [0.25, 0.3) is 11.2 Å². The highest BCUT2D eigenvalue weighted by Crippen LogP contribution is 2.28. The Morgan fingerprint density at radius 2 is 1.94 bits per heavy atom. The maximum absolute atomic E-state index is 12.8. The molecule has 1 aromatic heterocycles. The molecule has 0 amide bonds. The molecule has 0 bridgehead atoms. The molecule has 0 unspecified atom stereocenters. The van der Waals surface area contributed by atoms with Gasteiger partial charge in [-0.15, -0.1) is 0 Å². The van der Waals surface area contributed by atoms with Crippen LogP contribution in [0.25, 0.3) is 0 Å². The number of ether oxygens (including phenoxy) is 2. The molecule has 0 aliphatic heterocycles. The molecule has 34 heavy (non-hydrogen) atoms. The predicted octanol–water partition coefficient (Wildman–Crippen LogP) is 3.65. The lowest BCUT2D eigenvalue weighted by atomic mass is 10.1. The normalized spacial score (nSPS) is 10.8. The minimum Gasteiger partial charge on any atom is -0.494 e. The second-order valence-electron chi connectivity index (χ2n) is 7.28. The van der Waals surface area contributed by atoms with E-state index in [1.807, 2.05) is 12.1 Å². The molecule has 0 spiro atoms. The average molecular weight is 462 g/mol. The summed E-state index contributed by atoms with van der Waals surface area (Å²) in [6.45, 7) is 1.62. The van der Waals surface area contributed by atoms with Crippen LogP contribution in [0.3, 0.4) is 0 Å². The summed E-state index contributed by atoms with van der Waals surface area (Å²) in [6, 6.07) is 12.9. The third-order valence-electron chi connectivity index (χ3n) is 5.30. The number of nitro benzene ring substituents is 1. The maximum Gasteiger partial charge on any atom is 0.271 e. The van der Waals surface area contributed by atoms with E-state index in [0.717, 1.165) is 10.1 Å². The van der Waals surface area contributed by atoms with Gasteiger partial charge in [-0.2, -0.15) is 5.26 Å². The smallest absolute Gasteiger partial charge is 0.271 e. The Morgan fingerprint density at radius 3 is 2.59 bits per heavy atom. The van der Waals surface area contributed by atoms with Crippen LogP contribution in [-0.4, -0.2) is 35.0 Å². The van der Waals surface area contributed by atoms with Crippen molar-refractivity contribution in [1.82, 2.24) is 4.57 Å². The molecule has 0 aliphatic rings. The minimum atomic E-state index is -0.620. The Labute approximate surface area is 195 Å². The van der Waals surface area contributed by atoms with E-state index < -0.39 is 10.5 Å². The number of hydrogen-bond donors (Lipinski definition) is 1. The van der Waals surface area contributed by atoms with Crippen molar-refractivity contribution in [3.05, 3.63) is 85.2 Å². The molecule has 0 aliphatic carbocycles. The number of hydrogen-bond acceptors (Lipinski definition) is 8. The van der Waals surface area contributed by atoms with Crippen LogP contribution in [0.4, 0.5) is 11.4 Å². The van der Waals surface area contributed by atoms with Gasteiger partial charge in [0, 0.05) is 24.9 Å². The second-order valence-corrected chi connectivity index (χ2v) is 7.28. The standard InChI is InChI=1S/C24H22N4O6/c1-15-19(13-25)23(29)27(10-9-16-7-8-21(33-2)22(11-16)34-3)24(30)20(15)14-26-17-5-4-6-18(12-17)28(31)32/h4-8,11-12,14,30H,9-10H2,1-3H3. The van der Waals surface area contributed by atoms with Gasteiger partial charge in [-0.05, 0) is 42.7 Å². The van der Waals surface area contributed by atoms with Gasteiger partial charge in [-0.3, -0.25) is 24.5 Å². The van der Waals surface area contributed by atoms with E-state index in [2.05, 4.69) is 4.99 Å². The van der Waals surface area contributed by atoms with Crippen molar-refractivity contribution in [2.24, 2.45) is 4.99 Å². The van der Waals surface area contributed by atoms with E-state index in [9.17, 15) is 25.3 Å². The molecule has 2 aromatic carbocycles. The number of aryl methyl sites for hydroxylation is 1. The van der Waals surface area contributed by atoms with Crippen LogP contribution < -0.4 is 15.0 Å².